The van der Waals surface area contributed by atoms with Crippen LogP contribution in [0.15, 0.2) is 30.3 Å². The molecule has 0 bridgehead atoms. The first kappa shape index (κ1) is 23.2. The van der Waals surface area contributed by atoms with E-state index in [4.69, 9.17) is 4.98 Å². The first-order chi connectivity index (χ1) is 15.5. The van der Waals surface area contributed by atoms with Crippen LogP contribution in [0.2, 0.25) is 0 Å². The van der Waals surface area contributed by atoms with Crippen LogP contribution in [0.3, 0.4) is 0 Å². The van der Waals surface area contributed by atoms with E-state index in [0.29, 0.717) is 43.9 Å². The molecule has 0 spiro atoms. The van der Waals surface area contributed by atoms with Crippen molar-refractivity contribution >= 4 is 16.9 Å². The number of halogens is 3. The van der Waals surface area contributed by atoms with Crippen LogP contribution in [0.4, 0.5) is 13.2 Å². The van der Waals surface area contributed by atoms with Crippen molar-refractivity contribution in [1.29, 1.82) is 0 Å². The molecule has 9 heteroatoms. The molecular formula is C24H28F3N5O. The molecule has 1 amide bonds. The number of carbonyl (C=O) groups excluding carboxylic acids is 1. The highest BCUT2D eigenvalue weighted by Crippen LogP contribution is 2.29. The SMILES string of the molecule is Cc1nn(C)c2nc(C(C)C)cc(C(=O)N3CCN(Cc4ccc(C(F)(F)F)cc4)CC3)c12. The molecular weight excluding hydrogens is 431 g/mol. The summed E-state index contributed by atoms with van der Waals surface area (Å²) in [6.45, 7) is 8.96. The van der Waals surface area contributed by atoms with Gasteiger partial charge in [-0.2, -0.15) is 18.3 Å². The van der Waals surface area contributed by atoms with Gasteiger partial charge in [0.25, 0.3) is 5.91 Å². The molecule has 1 fully saturated rings. The second-order valence-corrected chi connectivity index (χ2v) is 8.92. The molecule has 0 saturated carbocycles. The molecule has 3 heterocycles. The fourth-order valence-corrected chi connectivity index (χ4v) is 4.27. The largest absolute Gasteiger partial charge is 0.416 e. The van der Waals surface area contributed by atoms with Gasteiger partial charge in [-0.25, -0.2) is 4.98 Å². The number of aromatic nitrogens is 3. The predicted octanol–water partition coefficient (Wildman–Crippen LogP) is 4.38. The minimum absolute atomic E-state index is 0.0328. The van der Waals surface area contributed by atoms with Crippen LogP contribution < -0.4 is 0 Å². The molecule has 0 atom stereocenters. The minimum Gasteiger partial charge on any atom is -0.336 e. The molecule has 33 heavy (non-hydrogen) atoms. The summed E-state index contributed by atoms with van der Waals surface area (Å²) in [4.78, 5) is 22.2. The van der Waals surface area contributed by atoms with Gasteiger partial charge in [-0.3, -0.25) is 14.4 Å². The lowest BCUT2D eigenvalue weighted by Gasteiger charge is -2.35. The number of fused-ring (bicyclic) bond motifs is 1. The van der Waals surface area contributed by atoms with Crippen LogP contribution in [0.5, 0.6) is 0 Å². The van der Waals surface area contributed by atoms with Gasteiger partial charge in [0.1, 0.15) is 0 Å². The van der Waals surface area contributed by atoms with Crippen LogP contribution in [-0.4, -0.2) is 56.7 Å². The van der Waals surface area contributed by atoms with Crippen LogP contribution >= 0.6 is 0 Å². The Bertz CT molecular complexity index is 1160. The maximum absolute atomic E-state index is 13.5. The van der Waals surface area contributed by atoms with Gasteiger partial charge in [-0.1, -0.05) is 26.0 Å². The first-order valence-electron chi connectivity index (χ1n) is 11.1. The Hall–Kier alpha value is -2.94. The van der Waals surface area contributed by atoms with E-state index in [9.17, 15) is 18.0 Å². The van der Waals surface area contributed by atoms with Crippen molar-refractivity contribution in [3.05, 3.63) is 58.4 Å². The van der Waals surface area contributed by atoms with Gasteiger partial charge in [0, 0.05) is 45.5 Å². The number of amides is 1. The van der Waals surface area contributed by atoms with Crippen molar-refractivity contribution in [3.8, 4) is 0 Å². The average molecular weight is 460 g/mol. The van der Waals surface area contributed by atoms with E-state index in [1.165, 1.54) is 12.1 Å². The summed E-state index contributed by atoms with van der Waals surface area (Å²) in [5.74, 6) is 0.145. The first-order valence-corrected chi connectivity index (χ1v) is 11.1. The van der Waals surface area contributed by atoms with Crippen LogP contribution in [0, 0.1) is 6.92 Å². The van der Waals surface area contributed by atoms with E-state index in [-0.39, 0.29) is 11.8 Å². The predicted molar refractivity (Wildman–Crippen MR) is 120 cm³/mol. The zero-order valence-corrected chi connectivity index (χ0v) is 19.3. The minimum atomic E-state index is -4.33. The van der Waals surface area contributed by atoms with E-state index in [1.54, 1.807) is 4.68 Å². The number of nitrogens with zero attached hydrogens (tertiary/aromatic N) is 5. The molecule has 6 nitrogen and oxygen atoms in total. The number of aryl methyl sites for hydroxylation is 2. The van der Waals surface area contributed by atoms with Gasteiger partial charge in [-0.05, 0) is 36.6 Å². The normalized spacial score (nSPS) is 15.6. The Balaban J connectivity index is 1.47. The van der Waals surface area contributed by atoms with Gasteiger partial charge in [0.15, 0.2) is 5.65 Å². The summed E-state index contributed by atoms with van der Waals surface area (Å²) in [5.41, 5.74) is 3.16. The number of alkyl halides is 3. The molecule has 2 aromatic heterocycles. The van der Waals surface area contributed by atoms with E-state index >= 15 is 0 Å². The van der Waals surface area contributed by atoms with Gasteiger partial charge >= 0.3 is 6.18 Å². The summed E-state index contributed by atoms with van der Waals surface area (Å²) in [6, 6.07) is 7.16. The average Bonchev–Trinajstić information content (AvgIpc) is 3.06. The molecule has 0 unspecified atom stereocenters. The Labute approximate surface area is 191 Å². The second-order valence-electron chi connectivity index (χ2n) is 8.92. The zero-order valence-electron chi connectivity index (χ0n) is 19.3. The molecule has 1 aliphatic heterocycles. The van der Waals surface area contributed by atoms with Crippen molar-refractivity contribution in [2.75, 3.05) is 26.2 Å². The highest BCUT2D eigenvalue weighted by Gasteiger charge is 2.30. The van der Waals surface area contributed by atoms with Crippen molar-refractivity contribution in [1.82, 2.24) is 24.6 Å². The van der Waals surface area contributed by atoms with E-state index in [2.05, 4.69) is 10.00 Å². The summed E-state index contributed by atoms with van der Waals surface area (Å²) < 4.78 is 40.0. The number of hydrogen-bond donors (Lipinski definition) is 0. The monoisotopic (exact) mass is 459 g/mol. The number of piperazine rings is 1. The van der Waals surface area contributed by atoms with Crippen LogP contribution in [0.25, 0.3) is 11.0 Å². The fraction of sp³-hybridized carbons (Fsp3) is 0.458. The number of rotatable bonds is 4. The topological polar surface area (TPSA) is 54.3 Å². The lowest BCUT2D eigenvalue weighted by Crippen LogP contribution is -2.48. The van der Waals surface area contributed by atoms with Crippen molar-refractivity contribution in [2.24, 2.45) is 7.05 Å². The van der Waals surface area contributed by atoms with Gasteiger partial charge in [0.05, 0.1) is 22.2 Å². The summed E-state index contributed by atoms with van der Waals surface area (Å²) in [6.07, 6.45) is -4.33. The van der Waals surface area contributed by atoms with Crippen LogP contribution in [-0.2, 0) is 19.8 Å². The third-order valence-electron chi connectivity index (χ3n) is 6.16. The molecule has 0 radical (unpaired) electrons. The van der Waals surface area contributed by atoms with Crippen molar-refractivity contribution in [2.45, 2.75) is 39.4 Å². The molecule has 3 aromatic rings. The summed E-state index contributed by atoms with van der Waals surface area (Å²) in [7, 11) is 1.83. The molecule has 1 aromatic carbocycles. The standard InChI is InChI=1S/C24H28F3N5O/c1-15(2)20-13-19(21-16(3)29-30(4)22(21)28-20)23(33)32-11-9-31(10-12-32)14-17-5-7-18(8-6-17)24(25,26)27/h5-8,13,15H,9-12,14H2,1-4H3. The van der Waals surface area contributed by atoms with Crippen molar-refractivity contribution < 1.29 is 18.0 Å². The fourth-order valence-electron chi connectivity index (χ4n) is 4.27. The van der Waals surface area contributed by atoms with E-state index in [1.807, 2.05) is 38.8 Å². The molecule has 4 rings (SSSR count). The van der Waals surface area contributed by atoms with Crippen LogP contribution in [0.1, 0.15) is 52.6 Å². The third-order valence-corrected chi connectivity index (χ3v) is 6.16. The smallest absolute Gasteiger partial charge is 0.336 e. The molecule has 0 N–H and O–H groups in total. The molecule has 1 saturated heterocycles. The third kappa shape index (κ3) is 4.73. The second kappa shape index (κ2) is 8.78. The zero-order chi connectivity index (χ0) is 23.9. The lowest BCUT2D eigenvalue weighted by molar-refractivity contribution is -0.137. The van der Waals surface area contributed by atoms with E-state index < -0.39 is 11.7 Å². The maximum atomic E-state index is 13.5. The lowest BCUT2D eigenvalue weighted by atomic mass is 10.0. The van der Waals surface area contributed by atoms with Gasteiger partial charge in [-0.15, -0.1) is 0 Å². The summed E-state index contributed by atoms with van der Waals surface area (Å²) >= 11 is 0. The Morgan fingerprint density at radius 1 is 1.09 bits per heavy atom. The highest BCUT2D eigenvalue weighted by molar-refractivity contribution is 6.06. The highest BCUT2D eigenvalue weighted by atomic mass is 19.4. The summed E-state index contributed by atoms with van der Waals surface area (Å²) in [5, 5.41) is 5.25. The van der Waals surface area contributed by atoms with Gasteiger partial charge < -0.3 is 4.90 Å². The van der Waals surface area contributed by atoms with E-state index in [0.717, 1.165) is 34.5 Å². The Morgan fingerprint density at radius 3 is 2.30 bits per heavy atom. The Morgan fingerprint density at radius 2 is 1.73 bits per heavy atom. The maximum Gasteiger partial charge on any atom is 0.416 e. The molecule has 0 aliphatic carbocycles. The molecule has 176 valence electrons. The van der Waals surface area contributed by atoms with Crippen molar-refractivity contribution in [3.63, 3.8) is 0 Å². The number of pyridine rings is 1. The number of hydrogen-bond acceptors (Lipinski definition) is 4. The number of carbonyl (C=O) groups is 1. The van der Waals surface area contributed by atoms with Gasteiger partial charge in [0.2, 0.25) is 0 Å². The Kier molecular flexibility index (Phi) is 6.18. The molecule has 1 aliphatic rings. The quantitative estimate of drug-likeness (QED) is 0.581. The number of benzene rings is 1.